The summed E-state index contributed by atoms with van der Waals surface area (Å²) in [7, 11) is 1.59. The Labute approximate surface area is 121 Å². The molecule has 2 aromatic rings. The standard InChI is InChI=1S/C13H15ClN2O2S/c1-4-16-10(13(14)8(2)15-16)6-11(17)12-5-9(18-3)7-19-12/h5,7H,4,6H2,1-3H3. The lowest BCUT2D eigenvalue weighted by Crippen LogP contribution is -2.09. The van der Waals surface area contributed by atoms with E-state index in [0.29, 0.717) is 22.2 Å². The minimum atomic E-state index is 0.0322. The Morgan fingerprint density at radius 3 is 2.89 bits per heavy atom. The molecule has 2 rings (SSSR count). The molecular weight excluding hydrogens is 284 g/mol. The summed E-state index contributed by atoms with van der Waals surface area (Å²) in [5.74, 6) is 0.740. The number of methoxy groups -OCH3 is 1. The van der Waals surface area contributed by atoms with Gasteiger partial charge < -0.3 is 4.74 Å². The van der Waals surface area contributed by atoms with Crippen LogP contribution in [0.1, 0.15) is 28.0 Å². The maximum atomic E-state index is 12.2. The monoisotopic (exact) mass is 298 g/mol. The molecule has 0 fully saturated rings. The van der Waals surface area contributed by atoms with Crippen LogP contribution in [0.3, 0.4) is 0 Å². The van der Waals surface area contributed by atoms with Crippen LogP contribution in [-0.4, -0.2) is 22.7 Å². The third-order valence-corrected chi connectivity index (χ3v) is 4.31. The molecule has 4 nitrogen and oxygen atoms in total. The number of thiophene rings is 1. The van der Waals surface area contributed by atoms with Crippen LogP contribution in [0.4, 0.5) is 0 Å². The van der Waals surface area contributed by atoms with Crippen molar-refractivity contribution in [1.29, 1.82) is 0 Å². The van der Waals surface area contributed by atoms with Gasteiger partial charge in [-0.25, -0.2) is 0 Å². The van der Waals surface area contributed by atoms with E-state index in [1.54, 1.807) is 17.9 Å². The fraction of sp³-hybridized carbons (Fsp3) is 0.385. The van der Waals surface area contributed by atoms with Gasteiger partial charge in [0.15, 0.2) is 5.78 Å². The van der Waals surface area contributed by atoms with E-state index in [1.807, 2.05) is 19.2 Å². The predicted molar refractivity (Wildman–Crippen MR) is 76.6 cm³/mol. The summed E-state index contributed by atoms with van der Waals surface area (Å²) < 4.78 is 6.86. The van der Waals surface area contributed by atoms with E-state index in [2.05, 4.69) is 5.10 Å². The van der Waals surface area contributed by atoms with E-state index in [1.165, 1.54) is 11.3 Å². The van der Waals surface area contributed by atoms with Crippen molar-refractivity contribution in [2.24, 2.45) is 0 Å². The van der Waals surface area contributed by atoms with Crippen LogP contribution >= 0.6 is 22.9 Å². The number of Topliss-reactive ketones (excluding diaryl/α,β-unsaturated/α-hetero) is 1. The fourth-order valence-electron chi connectivity index (χ4n) is 1.85. The third-order valence-electron chi connectivity index (χ3n) is 2.87. The van der Waals surface area contributed by atoms with Crippen molar-refractivity contribution in [2.75, 3.05) is 7.11 Å². The van der Waals surface area contributed by atoms with Gasteiger partial charge in [0.2, 0.25) is 0 Å². The van der Waals surface area contributed by atoms with Gasteiger partial charge >= 0.3 is 0 Å². The second-order valence-electron chi connectivity index (χ2n) is 4.11. The molecule has 2 aromatic heterocycles. The first kappa shape index (κ1) is 14.1. The van der Waals surface area contributed by atoms with Crippen molar-refractivity contribution < 1.29 is 9.53 Å². The van der Waals surface area contributed by atoms with Gasteiger partial charge in [-0.15, -0.1) is 11.3 Å². The highest BCUT2D eigenvalue weighted by atomic mass is 35.5. The van der Waals surface area contributed by atoms with Gasteiger partial charge in [-0.3, -0.25) is 9.48 Å². The Morgan fingerprint density at radius 2 is 2.32 bits per heavy atom. The summed E-state index contributed by atoms with van der Waals surface area (Å²) in [5, 5.41) is 6.71. The molecule has 0 aliphatic heterocycles. The number of aryl methyl sites for hydroxylation is 2. The van der Waals surface area contributed by atoms with Crippen molar-refractivity contribution in [3.8, 4) is 5.75 Å². The number of carbonyl (C=O) groups excluding carboxylic acids is 1. The van der Waals surface area contributed by atoms with Gasteiger partial charge in [0.05, 0.1) is 34.8 Å². The molecule has 0 atom stereocenters. The summed E-state index contributed by atoms with van der Waals surface area (Å²) in [6, 6.07) is 1.75. The summed E-state index contributed by atoms with van der Waals surface area (Å²) in [6.07, 6.45) is 0.261. The Morgan fingerprint density at radius 1 is 1.58 bits per heavy atom. The number of carbonyl (C=O) groups is 1. The average Bonchev–Trinajstić information content (AvgIpc) is 2.98. The number of aromatic nitrogens is 2. The predicted octanol–water partition coefficient (Wildman–Crippen LogP) is 3.36. The van der Waals surface area contributed by atoms with Crippen LogP contribution in [0.5, 0.6) is 5.75 Å². The Bertz CT molecular complexity index is 604. The van der Waals surface area contributed by atoms with Crippen molar-refractivity contribution in [1.82, 2.24) is 9.78 Å². The molecule has 0 saturated carbocycles. The molecule has 6 heteroatoms. The number of ether oxygens (including phenoxy) is 1. The third kappa shape index (κ3) is 2.82. The molecule has 0 saturated heterocycles. The zero-order valence-electron chi connectivity index (χ0n) is 11.1. The molecule has 2 heterocycles. The molecule has 0 amide bonds. The largest absolute Gasteiger partial charge is 0.496 e. The van der Waals surface area contributed by atoms with E-state index in [9.17, 15) is 4.79 Å². The zero-order chi connectivity index (χ0) is 14.0. The number of ketones is 1. The van der Waals surface area contributed by atoms with Gasteiger partial charge in [-0.2, -0.15) is 5.10 Å². The quantitative estimate of drug-likeness (QED) is 0.795. The van der Waals surface area contributed by atoms with E-state index >= 15 is 0 Å². The van der Waals surface area contributed by atoms with Gasteiger partial charge in [-0.1, -0.05) is 11.6 Å². The highest BCUT2D eigenvalue weighted by Gasteiger charge is 2.18. The smallest absolute Gasteiger partial charge is 0.178 e. The lowest BCUT2D eigenvalue weighted by atomic mass is 10.2. The van der Waals surface area contributed by atoms with Gasteiger partial charge in [0.25, 0.3) is 0 Å². The molecule has 0 N–H and O–H groups in total. The highest BCUT2D eigenvalue weighted by molar-refractivity contribution is 7.12. The number of rotatable bonds is 5. The Hall–Kier alpha value is -1.33. The number of hydrogen-bond donors (Lipinski definition) is 0. The SMILES string of the molecule is CCn1nc(C)c(Cl)c1CC(=O)c1cc(OC)cs1. The molecule has 0 spiro atoms. The molecule has 0 bridgehead atoms. The van der Waals surface area contributed by atoms with Gasteiger partial charge in [0, 0.05) is 18.0 Å². The molecular formula is C13H15ClN2O2S. The summed E-state index contributed by atoms with van der Waals surface area (Å²) in [4.78, 5) is 12.9. The van der Waals surface area contributed by atoms with E-state index < -0.39 is 0 Å². The molecule has 0 unspecified atom stereocenters. The van der Waals surface area contributed by atoms with Crippen LogP contribution in [-0.2, 0) is 13.0 Å². The molecule has 19 heavy (non-hydrogen) atoms. The van der Waals surface area contributed by atoms with Crippen molar-refractivity contribution in [3.05, 3.63) is 32.7 Å². The van der Waals surface area contributed by atoms with Crippen LogP contribution in [0, 0.1) is 6.92 Å². The van der Waals surface area contributed by atoms with Crippen molar-refractivity contribution in [3.63, 3.8) is 0 Å². The minimum Gasteiger partial charge on any atom is -0.496 e. The summed E-state index contributed by atoms with van der Waals surface area (Å²) >= 11 is 7.58. The Balaban J connectivity index is 2.23. The van der Waals surface area contributed by atoms with Crippen molar-refractivity contribution >= 4 is 28.7 Å². The lowest BCUT2D eigenvalue weighted by molar-refractivity contribution is 0.0994. The van der Waals surface area contributed by atoms with Crippen LogP contribution in [0.2, 0.25) is 5.02 Å². The number of nitrogens with zero attached hydrogens (tertiary/aromatic N) is 2. The summed E-state index contributed by atoms with van der Waals surface area (Å²) in [5.41, 5.74) is 1.54. The van der Waals surface area contributed by atoms with Gasteiger partial charge in [-0.05, 0) is 13.8 Å². The maximum absolute atomic E-state index is 12.2. The van der Waals surface area contributed by atoms with E-state index in [-0.39, 0.29) is 12.2 Å². The molecule has 0 radical (unpaired) electrons. The molecule has 0 aliphatic carbocycles. The molecule has 0 aromatic carbocycles. The lowest BCUT2D eigenvalue weighted by Gasteiger charge is -2.03. The minimum absolute atomic E-state index is 0.0322. The topological polar surface area (TPSA) is 44.1 Å². The van der Waals surface area contributed by atoms with Crippen LogP contribution < -0.4 is 4.74 Å². The van der Waals surface area contributed by atoms with E-state index in [0.717, 1.165) is 11.4 Å². The van der Waals surface area contributed by atoms with Crippen LogP contribution in [0.15, 0.2) is 11.4 Å². The fourth-order valence-corrected chi connectivity index (χ4v) is 2.85. The highest BCUT2D eigenvalue weighted by Crippen LogP contribution is 2.25. The van der Waals surface area contributed by atoms with Crippen molar-refractivity contribution in [2.45, 2.75) is 26.8 Å². The Kier molecular flexibility index (Phi) is 4.27. The summed E-state index contributed by atoms with van der Waals surface area (Å²) in [6.45, 7) is 4.52. The van der Waals surface area contributed by atoms with Crippen LogP contribution in [0.25, 0.3) is 0 Å². The second kappa shape index (κ2) is 5.75. The maximum Gasteiger partial charge on any atom is 0.178 e. The first-order valence-corrected chi connectivity index (χ1v) is 7.20. The molecule has 0 aliphatic rings. The normalized spacial score (nSPS) is 10.7. The number of hydrogen-bond acceptors (Lipinski definition) is 4. The number of halogens is 1. The van der Waals surface area contributed by atoms with Gasteiger partial charge in [0.1, 0.15) is 5.75 Å². The first-order valence-electron chi connectivity index (χ1n) is 5.94. The second-order valence-corrected chi connectivity index (χ2v) is 5.40. The molecule has 102 valence electrons. The zero-order valence-corrected chi connectivity index (χ0v) is 12.6. The first-order chi connectivity index (χ1) is 9.06. The average molecular weight is 299 g/mol. The van der Waals surface area contributed by atoms with E-state index in [4.69, 9.17) is 16.3 Å².